The molecule has 9 nitrogen and oxygen atoms in total. The van der Waals surface area contributed by atoms with Crippen LogP contribution < -0.4 is 10.2 Å². The van der Waals surface area contributed by atoms with E-state index in [9.17, 15) is 18.8 Å². The summed E-state index contributed by atoms with van der Waals surface area (Å²) < 4.78 is 18.3. The molecule has 0 saturated carbocycles. The van der Waals surface area contributed by atoms with E-state index in [-0.39, 0.29) is 24.8 Å². The molecule has 2 aliphatic rings. The molecule has 0 aromatic heterocycles. The van der Waals surface area contributed by atoms with Crippen LogP contribution in [0.2, 0.25) is 0 Å². The van der Waals surface area contributed by atoms with Crippen LogP contribution in [0.25, 0.3) is 0 Å². The predicted molar refractivity (Wildman–Crippen MR) is 151 cm³/mol. The second-order valence-corrected chi connectivity index (χ2v) is 10.1. The minimum atomic E-state index is -0.782. The lowest BCUT2D eigenvalue weighted by Crippen LogP contribution is -2.45. The van der Waals surface area contributed by atoms with Crippen molar-refractivity contribution in [3.63, 3.8) is 0 Å². The van der Waals surface area contributed by atoms with Gasteiger partial charge in [-0.25, -0.2) is 9.18 Å². The van der Waals surface area contributed by atoms with Crippen molar-refractivity contribution in [2.45, 2.75) is 25.8 Å². The van der Waals surface area contributed by atoms with Gasteiger partial charge in [0, 0.05) is 38.4 Å². The number of nitrogens with zero attached hydrogens (tertiary/aromatic N) is 4. The molecule has 39 heavy (non-hydrogen) atoms. The highest BCUT2D eigenvalue weighted by molar-refractivity contribution is 7.80. The molecule has 2 fully saturated rings. The van der Waals surface area contributed by atoms with E-state index in [1.54, 1.807) is 31.2 Å². The SMILES string of the molecule is CCOC(=O)c1ccc(N2C(=O)[C@H](CC(=O)Nc3ccc(F)cc3)N(CCCN3CCN(C)CC3)C2=S)cc1. The fourth-order valence-electron chi connectivity index (χ4n) is 4.74. The highest BCUT2D eigenvalue weighted by Gasteiger charge is 2.44. The molecule has 0 spiro atoms. The number of amides is 2. The number of hydrogen-bond donors (Lipinski definition) is 1. The van der Waals surface area contributed by atoms with Crippen LogP contribution in [-0.4, -0.2) is 96.6 Å². The zero-order valence-electron chi connectivity index (χ0n) is 22.3. The quantitative estimate of drug-likeness (QED) is 0.354. The van der Waals surface area contributed by atoms with Crippen molar-refractivity contribution < 1.29 is 23.5 Å². The van der Waals surface area contributed by atoms with Crippen LogP contribution in [0.1, 0.15) is 30.1 Å². The van der Waals surface area contributed by atoms with Crippen molar-refractivity contribution in [1.82, 2.24) is 14.7 Å². The summed E-state index contributed by atoms with van der Waals surface area (Å²) in [6.45, 7) is 7.39. The number of esters is 1. The van der Waals surface area contributed by atoms with Gasteiger partial charge in [0.1, 0.15) is 11.9 Å². The van der Waals surface area contributed by atoms with Gasteiger partial charge in [-0.15, -0.1) is 0 Å². The van der Waals surface area contributed by atoms with Gasteiger partial charge in [0.2, 0.25) is 5.91 Å². The summed E-state index contributed by atoms with van der Waals surface area (Å²) in [5.74, 6) is -1.52. The van der Waals surface area contributed by atoms with Gasteiger partial charge in [0.15, 0.2) is 5.11 Å². The van der Waals surface area contributed by atoms with Gasteiger partial charge >= 0.3 is 5.97 Å². The molecule has 4 rings (SSSR count). The summed E-state index contributed by atoms with van der Waals surface area (Å²) in [5, 5.41) is 3.06. The Morgan fingerprint density at radius 3 is 2.33 bits per heavy atom. The third-order valence-corrected chi connectivity index (χ3v) is 7.35. The van der Waals surface area contributed by atoms with E-state index >= 15 is 0 Å². The number of ether oxygens (including phenoxy) is 1. The molecule has 11 heteroatoms. The molecule has 2 aromatic rings. The summed E-state index contributed by atoms with van der Waals surface area (Å²) >= 11 is 5.75. The number of anilines is 2. The van der Waals surface area contributed by atoms with Gasteiger partial charge in [0.05, 0.1) is 24.3 Å². The number of carbonyl (C=O) groups excluding carboxylic acids is 3. The van der Waals surface area contributed by atoms with Crippen molar-refractivity contribution in [2.24, 2.45) is 0 Å². The van der Waals surface area contributed by atoms with Crippen molar-refractivity contribution in [3.8, 4) is 0 Å². The van der Waals surface area contributed by atoms with Gasteiger partial charge in [-0.2, -0.15) is 0 Å². The van der Waals surface area contributed by atoms with Gasteiger partial charge in [-0.1, -0.05) is 0 Å². The average Bonchev–Trinajstić information content (AvgIpc) is 3.15. The molecule has 0 aliphatic carbocycles. The van der Waals surface area contributed by atoms with E-state index in [2.05, 4.69) is 22.2 Å². The smallest absolute Gasteiger partial charge is 0.338 e. The van der Waals surface area contributed by atoms with Crippen LogP contribution in [0.15, 0.2) is 48.5 Å². The van der Waals surface area contributed by atoms with Gasteiger partial charge in [-0.3, -0.25) is 14.5 Å². The van der Waals surface area contributed by atoms with Crippen LogP contribution in [0.4, 0.5) is 15.8 Å². The molecule has 0 bridgehead atoms. The maximum atomic E-state index is 13.6. The number of halogens is 1. The number of hydrogen-bond acceptors (Lipinski definition) is 7. The molecule has 2 saturated heterocycles. The van der Waals surface area contributed by atoms with Crippen molar-refractivity contribution in [2.75, 3.05) is 63.1 Å². The first kappa shape index (κ1) is 28.6. The Kier molecular flexibility index (Phi) is 9.60. The molecule has 1 N–H and O–H groups in total. The third kappa shape index (κ3) is 7.17. The number of nitrogens with one attached hydrogen (secondary N) is 1. The van der Waals surface area contributed by atoms with E-state index in [4.69, 9.17) is 17.0 Å². The molecule has 208 valence electrons. The molecular formula is C28H34FN5O4S. The normalized spacial score (nSPS) is 18.5. The Hall–Kier alpha value is -3.41. The molecule has 2 aromatic carbocycles. The van der Waals surface area contributed by atoms with E-state index in [1.807, 2.05) is 4.90 Å². The second-order valence-electron chi connectivity index (χ2n) is 9.69. The van der Waals surface area contributed by atoms with E-state index in [0.717, 1.165) is 39.1 Å². The Morgan fingerprint density at radius 1 is 1.03 bits per heavy atom. The summed E-state index contributed by atoms with van der Waals surface area (Å²) in [6.07, 6.45) is 0.672. The minimum Gasteiger partial charge on any atom is -0.462 e. The zero-order valence-corrected chi connectivity index (χ0v) is 23.1. The maximum Gasteiger partial charge on any atom is 0.338 e. The van der Waals surface area contributed by atoms with E-state index in [1.165, 1.54) is 29.2 Å². The topological polar surface area (TPSA) is 85.4 Å². The molecule has 0 unspecified atom stereocenters. The van der Waals surface area contributed by atoms with Gasteiger partial charge in [0.25, 0.3) is 5.91 Å². The molecule has 1 atom stereocenters. The summed E-state index contributed by atoms with van der Waals surface area (Å²) in [6, 6.07) is 11.2. The third-order valence-electron chi connectivity index (χ3n) is 6.93. The predicted octanol–water partition coefficient (Wildman–Crippen LogP) is 2.97. The van der Waals surface area contributed by atoms with Crippen LogP contribution >= 0.6 is 12.2 Å². The first-order chi connectivity index (χ1) is 18.8. The standard InChI is InChI=1S/C28H34FN5O4S/c1-3-38-27(37)20-5-11-23(12-6-20)34-26(36)24(19-25(35)30-22-9-7-21(29)8-10-22)33(28(34)39)14-4-13-32-17-15-31(2)16-18-32/h5-12,24H,3-4,13-19H2,1-2H3,(H,30,35)/t24-/m0/s1. The number of benzene rings is 2. The maximum absolute atomic E-state index is 13.6. The van der Waals surface area contributed by atoms with Crippen molar-refractivity contribution >= 4 is 46.5 Å². The molecule has 2 heterocycles. The second kappa shape index (κ2) is 13.1. The van der Waals surface area contributed by atoms with Crippen LogP contribution in [0, 0.1) is 5.82 Å². The highest BCUT2D eigenvalue weighted by atomic mass is 32.1. The lowest BCUT2D eigenvalue weighted by atomic mass is 10.1. The van der Waals surface area contributed by atoms with E-state index < -0.39 is 17.8 Å². The summed E-state index contributed by atoms with van der Waals surface area (Å²) in [4.78, 5) is 46.5. The van der Waals surface area contributed by atoms with Crippen LogP contribution in [-0.2, 0) is 14.3 Å². The van der Waals surface area contributed by atoms with Crippen LogP contribution in [0.3, 0.4) is 0 Å². The van der Waals surface area contributed by atoms with Crippen LogP contribution in [0.5, 0.6) is 0 Å². The monoisotopic (exact) mass is 555 g/mol. The van der Waals surface area contributed by atoms with Crippen molar-refractivity contribution in [3.05, 3.63) is 59.9 Å². The summed E-state index contributed by atoms with van der Waals surface area (Å²) in [5.41, 5.74) is 1.34. The number of likely N-dealkylation sites (N-methyl/N-ethyl adjacent to an activating group) is 1. The number of rotatable bonds is 10. The Morgan fingerprint density at radius 2 is 1.69 bits per heavy atom. The number of thiocarbonyl (C=S) groups is 1. The molecule has 0 radical (unpaired) electrons. The molecular weight excluding hydrogens is 521 g/mol. The largest absolute Gasteiger partial charge is 0.462 e. The highest BCUT2D eigenvalue weighted by Crippen LogP contribution is 2.28. The fraction of sp³-hybridized carbons (Fsp3) is 0.429. The lowest BCUT2D eigenvalue weighted by molar-refractivity contribution is -0.124. The number of piperazine rings is 1. The Bertz CT molecular complexity index is 1190. The van der Waals surface area contributed by atoms with E-state index in [0.29, 0.717) is 28.6 Å². The first-order valence-electron chi connectivity index (χ1n) is 13.1. The van der Waals surface area contributed by atoms with Gasteiger partial charge < -0.3 is 24.8 Å². The average molecular weight is 556 g/mol. The zero-order chi connectivity index (χ0) is 27.9. The minimum absolute atomic E-state index is 0.109. The van der Waals surface area contributed by atoms with Gasteiger partial charge in [-0.05, 0) is 87.7 Å². The summed E-state index contributed by atoms with van der Waals surface area (Å²) in [7, 11) is 2.11. The molecule has 2 amide bonds. The van der Waals surface area contributed by atoms with Crippen molar-refractivity contribution in [1.29, 1.82) is 0 Å². The Balaban J connectivity index is 1.48. The fourth-order valence-corrected chi connectivity index (χ4v) is 5.16. The first-order valence-corrected chi connectivity index (χ1v) is 13.6. The Labute approximate surface area is 233 Å². The molecule has 2 aliphatic heterocycles. The number of carbonyl (C=O) groups is 3. The lowest BCUT2D eigenvalue weighted by Gasteiger charge is -2.33.